The highest BCUT2D eigenvalue weighted by atomic mass is 15.2. The molecular weight excluding hydrogens is 244 g/mol. The summed E-state index contributed by atoms with van der Waals surface area (Å²) in [7, 11) is 0. The number of nitrogens with zero attached hydrogens (tertiary/aromatic N) is 1. The summed E-state index contributed by atoms with van der Waals surface area (Å²) < 4.78 is 0. The van der Waals surface area contributed by atoms with E-state index in [0.29, 0.717) is 6.54 Å². The van der Waals surface area contributed by atoms with Gasteiger partial charge in [0.25, 0.3) is 0 Å². The molecule has 2 nitrogen and oxygen atoms in total. The van der Waals surface area contributed by atoms with Crippen molar-refractivity contribution >= 4 is 5.69 Å². The summed E-state index contributed by atoms with van der Waals surface area (Å²) in [5, 5.41) is 0. The smallest absolute Gasteiger partial charge is 0.0637 e. The monoisotopic (exact) mass is 268 g/mol. The van der Waals surface area contributed by atoms with Gasteiger partial charge in [-0.2, -0.15) is 0 Å². The van der Waals surface area contributed by atoms with Crippen molar-refractivity contribution in [1.29, 1.82) is 0 Å². The summed E-state index contributed by atoms with van der Waals surface area (Å²) in [6, 6.07) is 21.2. The highest BCUT2D eigenvalue weighted by Gasteiger charge is 2.32. The van der Waals surface area contributed by atoms with Crippen LogP contribution in [0.3, 0.4) is 0 Å². The lowest BCUT2D eigenvalue weighted by molar-refractivity contribution is 0.416. The van der Waals surface area contributed by atoms with Crippen LogP contribution < -0.4 is 10.6 Å². The molecule has 0 amide bonds. The number of anilines is 1. The van der Waals surface area contributed by atoms with Gasteiger partial charge < -0.3 is 10.6 Å². The minimum absolute atomic E-state index is 0.0773. The lowest BCUT2D eigenvalue weighted by Gasteiger charge is -2.43. The first kappa shape index (κ1) is 14.6. The molecule has 1 atom stereocenters. The van der Waals surface area contributed by atoms with Gasteiger partial charge in [0.05, 0.1) is 5.54 Å². The number of hydrogen-bond donors (Lipinski definition) is 1. The first-order valence-electron chi connectivity index (χ1n) is 7.30. The van der Waals surface area contributed by atoms with Gasteiger partial charge in [0.1, 0.15) is 0 Å². The van der Waals surface area contributed by atoms with Crippen LogP contribution in [-0.2, 0) is 5.54 Å². The third-order valence-corrected chi connectivity index (χ3v) is 4.01. The molecular formula is C18H24N2. The molecule has 0 bridgehead atoms. The predicted octanol–water partition coefficient (Wildman–Crippen LogP) is 3.78. The van der Waals surface area contributed by atoms with Crippen molar-refractivity contribution in [2.24, 2.45) is 5.73 Å². The molecule has 0 saturated heterocycles. The molecule has 2 heteroatoms. The first-order valence-corrected chi connectivity index (χ1v) is 7.30. The van der Waals surface area contributed by atoms with Crippen molar-refractivity contribution < 1.29 is 0 Å². The highest BCUT2D eigenvalue weighted by molar-refractivity contribution is 5.51. The van der Waals surface area contributed by atoms with E-state index in [1.54, 1.807) is 0 Å². The fraction of sp³-hybridized carbons (Fsp3) is 0.333. The van der Waals surface area contributed by atoms with Crippen LogP contribution in [0.5, 0.6) is 0 Å². The zero-order valence-electron chi connectivity index (χ0n) is 12.4. The van der Waals surface area contributed by atoms with Crippen molar-refractivity contribution in [3.8, 4) is 0 Å². The minimum Gasteiger partial charge on any atom is -0.362 e. The Hall–Kier alpha value is -1.80. The molecule has 1 unspecified atom stereocenters. The van der Waals surface area contributed by atoms with Crippen molar-refractivity contribution in [1.82, 2.24) is 0 Å². The highest BCUT2D eigenvalue weighted by Crippen LogP contribution is 2.35. The Labute approximate surface area is 122 Å². The second-order valence-corrected chi connectivity index (χ2v) is 5.26. The van der Waals surface area contributed by atoms with Crippen LogP contribution in [0, 0.1) is 0 Å². The minimum atomic E-state index is -0.0773. The molecule has 0 saturated carbocycles. The standard InChI is InChI=1S/C18H24N2/c1-3-20(17-12-8-5-9-13-17)18(2,14-15-19)16-10-6-4-7-11-16/h4-13H,3,14-15,19H2,1-2H3. The fourth-order valence-electron chi connectivity index (χ4n) is 2.94. The molecule has 2 aromatic carbocycles. The van der Waals surface area contributed by atoms with Crippen LogP contribution in [0.15, 0.2) is 60.7 Å². The summed E-state index contributed by atoms with van der Waals surface area (Å²) in [6.07, 6.45) is 0.930. The van der Waals surface area contributed by atoms with Gasteiger partial charge >= 0.3 is 0 Å². The fourth-order valence-corrected chi connectivity index (χ4v) is 2.94. The summed E-state index contributed by atoms with van der Waals surface area (Å²) in [6.45, 7) is 6.11. The Morgan fingerprint density at radius 2 is 1.50 bits per heavy atom. The van der Waals surface area contributed by atoms with E-state index in [0.717, 1.165) is 13.0 Å². The van der Waals surface area contributed by atoms with Gasteiger partial charge in [-0.3, -0.25) is 0 Å². The van der Waals surface area contributed by atoms with Crippen LogP contribution >= 0.6 is 0 Å². The number of benzene rings is 2. The summed E-state index contributed by atoms with van der Waals surface area (Å²) in [4.78, 5) is 2.44. The van der Waals surface area contributed by atoms with Gasteiger partial charge in [0.2, 0.25) is 0 Å². The van der Waals surface area contributed by atoms with Gasteiger partial charge in [-0.15, -0.1) is 0 Å². The van der Waals surface area contributed by atoms with Gasteiger partial charge in [-0.25, -0.2) is 0 Å². The van der Waals surface area contributed by atoms with Gasteiger partial charge in [0.15, 0.2) is 0 Å². The number of hydrogen-bond acceptors (Lipinski definition) is 2. The number of para-hydroxylation sites is 1. The zero-order valence-corrected chi connectivity index (χ0v) is 12.4. The molecule has 0 radical (unpaired) electrons. The number of rotatable bonds is 6. The van der Waals surface area contributed by atoms with Crippen molar-refractivity contribution in [3.63, 3.8) is 0 Å². The van der Waals surface area contributed by atoms with E-state index in [9.17, 15) is 0 Å². The molecule has 0 aliphatic rings. The Balaban J connectivity index is 2.45. The Kier molecular flexibility index (Phi) is 4.80. The van der Waals surface area contributed by atoms with Gasteiger partial charge in [-0.05, 0) is 44.5 Å². The Morgan fingerprint density at radius 1 is 0.950 bits per heavy atom. The molecule has 0 fully saturated rings. The van der Waals surface area contributed by atoms with E-state index in [1.165, 1.54) is 11.3 Å². The van der Waals surface area contributed by atoms with Crippen LogP contribution in [0.4, 0.5) is 5.69 Å². The third kappa shape index (κ3) is 2.86. The third-order valence-electron chi connectivity index (χ3n) is 4.01. The van der Waals surface area contributed by atoms with E-state index in [4.69, 9.17) is 5.73 Å². The molecule has 20 heavy (non-hydrogen) atoms. The van der Waals surface area contributed by atoms with Crippen molar-refractivity contribution in [2.45, 2.75) is 25.8 Å². The van der Waals surface area contributed by atoms with Crippen molar-refractivity contribution in [3.05, 3.63) is 66.2 Å². The van der Waals surface area contributed by atoms with Gasteiger partial charge in [-0.1, -0.05) is 48.5 Å². The number of nitrogens with two attached hydrogens (primary N) is 1. The summed E-state index contributed by atoms with van der Waals surface area (Å²) >= 11 is 0. The predicted molar refractivity (Wildman–Crippen MR) is 86.9 cm³/mol. The lowest BCUT2D eigenvalue weighted by atomic mass is 9.86. The largest absolute Gasteiger partial charge is 0.362 e. The van der Waals surface area contributed by atoms with Crippen LogP contribution in [0.2, 0.25) is 0 Å². The molecule has 2 rings (SSSR count). The van der Waals surface area contributed by atoms with Crippen molar-refractivity contribution in [2.75, 3.05) is 18.0 Å². The average Bonchev–Trinajstić information content (AvgIpc) is 2.50. The summed E-state index contributed by atoms with van der Waals surface area (Å²) in [5.74, 6) is 0. The van der Waals surface area contributed by atoms with E-state index in [-0.39, 0.29) is 5.54 Å². The Bertz CT molecular complexity index is 509. The maximum atomic E-state index is 5.90. The van der Waals surface area contributed by atoms with E-state index >= 15 is 0 Å². The normalized spacial score (nSPS) is 13.8. The van der Waals surface area contributed by atoms with Crippen LogP contribution in [0.1, 0.15) is 25.8 Å². The second-order valence-electron chi connectivity index (χ2n) is 5.26. The average molecular weight is 268 g/mol. The maximum Gasteiger partial charge on any atom is 0.0637 e. The lowest BCUT2D eigenvalue weighted by Crippen LogP contribution is -2.45. The molecule has 0 aliphatic carbocycles. The van der Waals surface area contributed by atoms with E-state index in [1.807, 2.05) is 0 Å². The second kappa shape index (κ2) is 6.58. The van der Waals surface area contributed by atoms with E-state index in [2.05, 4.69) is 79.4 Å². The quantitative estimate of drug-likeness (QED) is 0.864. The SMILES string of the molecule is CCN(c1ccccc1)C(C)(CCN)c1ccccc1. The molecule has 0 heterocycles. The van der Waals surface area contributed by atoms with Crippen LogP contribution in [0.25, 0.3) is 0 Å². The molecule has 0 aliphatic heterocycles. The molecule has 2 N–H and O–H groups in total. The van der Waals surface area contributed by atoms with Gasteiger partial charge in [0, 0.05) is 12.2 Å². The molecule has 0 aromatic heterocycles. The zero-order chi connectivity index (χ0) is 14.4. The molecule has 2 aromatic rings. The van der Waals surface area contributed by atoms with E-state index < -0.39 is 0 Å². The molecule has 106 valence electrons. The maximum absolute atomic E-state index is 5.90. The van der Waals surface area contributed by atoms with Crippen LogP contribution in [-0.4, -0.2) is 13.1 Å². The summed E-state index contributed by atoms with van der Waals surface area (Å²) in [5.41, 5.74) is 8.38. The molecule has 0 spiro atoms. The topological polar surface area (TPSA) is 29.3 Å². The first-order chi connectivity index (χ1) is 9.72. The Morgan fingerprint density at radius 3 is 2.00 bits per heavy atom.